The summed E-state index contributed by atoms with van der Waals surface area (Å²) in [4.78, 5) is 36.0. The number of ether oxygens (including phenoxy) is 2. The van der Waals surface area contributed by atoms with E-state index in [9.17, 15) is 19.0 Å². The molecule has 0 bridgehead atoms. The van der Waals surface area contributed by atoms with E-state index in [1.54, 1.807) is 0 Å². The molecule has 0 aliphatic heterocycles. The van der Waals surface area contributed by atoms with Crippen molar-refractivity contribution in [2.24, 2.45) is 0 Å². The van der Waals surface area contributed by atoms with Crippen LogP contribution in [0.2, 0.25) is 0 Å². The Hall–Kier alpha value is -2.29. The third-order valence-corrected chi connectivity index (χ3v) is 19.0. The van der Waals surface area contributed by atoms with E-state index < -0.39 is 26.5 Å². The molecule has 10 heteroatoms. The van der Waals surface area contributed by atoms with Crippen LogP contribution in [0.15, 0.2) is 60.8 Å². The molecule has 0 aromatic heterocycles. The molecule has 540 valence electrons. The van der Waals surface area contributed by atoms with E-state index in [4.69, 9.17) is 18.5 Å². The zero-order valence-electron chi connectivity index (χ0n) is 61.8. The molecule has 2 atom stereocenters. The average Bonchev–Trinajstić information content (AvgIpc) is 2.14. The first kappa shape index (κ1) is 89.7. The molecule has 0 rings (SSSR count). The van der Waals surface area contributed by atoms with Crippen molar-refractivity contribution in [1.29, 1.82) is 0 Å². The Bertz CT molecular complexity index is 1740. The Kier molecular flexibility index (Phi) is 71.2. The molecule has 0 aliphatic carbocycles. The Morgan fingerprint density at radius 3 is 0.935 bits per heavy atom. The number of carbonyl (C=O) groups is 2. The van der Waals surface area contributed by atoms with Gasteiger partial charge < -0.3 is 18.9 Å². The van der Waals surface area contributed by atoms with Crippen molar-refractivity contribution in [1.82, 2.24) is 0 Å². The molecule has 0 radical (unpaired) electrons. The Balaban J connectivity index is 3.91. The van der Waals surface area contributed by atoms with E-state index in [0.717, 1.165) is 57.8 Å². The Labute approximate surface area is 572 Å². The van der Waals surface area contributed by atoms with Crippen LogP contribution in [0.1, 0.15) is 399 Å². The zero-order chi connectivity index (χ0) is 66.9. The maximum atomic E-state index is 12.9. The highest BCUT2D eigenvalue weighted by Gasteiger charge is 2.27. The number of esters is 2. The summed E-state index contributed by atoms with van der Waals surface area (Å²) in [7, 11) is 1.50. The van der Waals surface area contributed by atoms with Crippen LogP contribution in [0.3, 0.4) is 0 Å². The van der Waals surface area contributed by atoms with E-state index in [1.165, 1.54) is 308 Å². The lowest BCUT2D eigenvalue weighted by Crippen LogP contribution is -2.37. The van der Waals surface area contributed by atoms with Crippen LogP contribution in [0, 0.1) is 0 Å². The number of likely N-dealkylation sites (N-methyl/N-ethyl adjacent to an activating group) is 1. The number of hydrogen-bond donors (Lipinski definition) is 1. The molecule has 0 aliphatic rings. The third kappa shape index (κ3) is 76.7. The first-order valence-corrected chi connectivity index (χ1v) is 41.5. The van der Waals surface area contributed by atoms with Crippen LogP contribution in [0.4, 0.5) is 0 Å². The normalized spacial score (nSPS) is 13.3. The second kappa shape index (κ2) is 73.0. The SMILES string of the molecule is CC/C=C\C/C=C\C/C=C\C/C=C\CCCCCCCCCCCCCCCCCCCCCCCCC(=O)OC(COC(=O)CCCCCCCCCCCCCCCCCCCCCCC/C=C\CCCCCCCCCC)COP(=O)(O)OCC[N+](C)(C)C. The van der Waals surface area contributed by atoms with Crippen LogP contribution in [-0.2, 0) is 32.7 Å². The minimum atomic E-state index is -4.39. The van der Waals surface area contributed by atoms with Gasteiger partial charge in [0.25, 0.3) is 0 Å². The maximum Gasteiger partial charge on any atom is 0.472 e. The summed E-state index contributed by atoms with van der Waals surface area (Å²) in [6.45, 7) is 4.39. The largest absolute Gasteiger partial charge is 0.472 e. The van der Waals surface area contributed by atoms with E-state index in [2.05, 4.69) is 74.6 Å². The molecule has 0 saturated carbocycles. The average molecular weight is 1310 g/mol. The quantitative estimate of drug-likeness (QED) is 0.0211. The molecule has 0 amide bonds. The number of rotatable bonds is 75. The van der Waals surface area contributed by atoms with Crippen molar-refractivity contribution in [2.45, 2.75) is 405 Å². The first-order chi connectivity index (χ1) is 45.0. The number of unbranched alkanes of at least 4 members (excludes halogenated alkanes) is 51. The van der Waals surface area contributed by atoms with Crippen LogP contribution in [0.5, 0.6) is 0 Å². The topological polar surface area (TPSA) is 108 Å². The summed E-state index contributed by atoms with van der Waals surface area (Å²) in [6, 6.07) is 0. The van der Waals surface area contributed by atoms with E-state index >= 15 is 0 Å². The highest BCUT2D eigenvalue weighted by Crippen LogP contribution is 2.43. The van der Waals surface area contributed by atoms with Crippen LogP contribution in [0.25, 0.3) is 0 Å². The predicted octanol–water partition coefficient (Wildman–Crippen LogP) is 26.5. The van der Waals surface area contributed by atoms with Gasteiger partial charge in [-0.05, 0) is 77.0 Å². The summed E-state index contributed by atoms with van der Waals surface area (Å²) in [5, 5.41) is 0. The minimum absolute atomic E-state index is 0.0342. The lowest BCUT2D eigenvalue weighted by molar-refractivity contribution is -0.870. The van der Waals surface area contributed by atoms with Gasteiger partial charge in [-0.3, -0.25) is 18.6 Å². The number of quaternary nitrogens is 1. The summed E-state index contributed by atoms with van der Waals surface area (Å²) in [6.07, 6.45) is 98.0. The molecule has 1 N–H and O–H groups in total. The third-order valence-electron chi connectivity index (χ3n) is 18.0. The Morgan fingerprint density at radius 1 is 0.348 bits per heavy atom. The first-order valence-electron chi connectivity index (χ1n) is 40.0. The van der Waals surface area contributed by atoms with E-state index in [0.29, 0.717) is 23.9 Å². The van der Waals surface area contributed by atoms with Crippen LogP contribution in [-0.4, -0.2) is 74.9 Å². The lowest BCUT2D eigenvalue weighted by Gasteiger charge is -2.24. The van der Waals surface area contributed by atoms with Gasteiger partial charge in [0.05, 0.1) is 27.7 Å². The molecule has 9 nitrogen and oxygen atoms in total. The van der Waals surface area contributed by atoms with Gasteiger partial charge in [-0.25, -0.2) is 4.57 Å². The predicted molar refractivity (Wildman–Crippen MR) is 400 cm³/mol. The summed E-state index contributed by atoms with van der Waals surface area (Å²) in [5.41, 5.74) is 0. The number of hydrogen-bond acceptors (Lipinski definition) is 7. The Morgan fingerprint density at radius 2 is 0.620 bits per heavy atom. The standard InChI is InChI=1S/C82H154NO8P/c1-6-8-10-12-14-16-18-20-22-24-26-28-30-32-34-36-38-40-41-43-45-47-49-51-53-55-57-59-61-63-65-67-69-71-73-75-82(85)91-80(79-90-92(86,87)89-77-76-83(3,4)5)78-88-81(84)74-72-70-68-66-64-62-60-58-56-54-52-50-48-46-44-42-39-37-35-33-31-29-27-25-23-21-19-17-15-13-11-9-7-2/h8,10,14,16,20,22,25-28,80H,6-7,9,11-13,15,17-19,21,23-24,29-79H2,1-5H3/p+1/b10-8-,16-14-,22-20-,27-25-,28-26-. The smallest absolute Gasteiger partial charge is 0.462 e. The minimum Gasteiger partial charge on any atom is -0.462 e. The highest BCUT2D eigenvalue weighted by molar-refractivity contribution is 7.47. The highest BCUT2D eigenvalue weighted by atomic mass is 31.2. The van der Waals surface area contributed by atoms with Gasteiger partial charge in [0.15, 0.2) is 6.10 Å². The van der Waals surface area contributed by atoms with Crippen molar-refractivity contribution in [3.8, 4) is 0 Å². The van der Waals surface area contributed by atoms with Gasteiger partial charge in [0, 0.05) is 12.8 Å². The van der Waals surface area contributed by atoms with E-state index in [-0.39, 0.29) is 25.6 Å². The van der Waals surface area contributed by atoms with Gasteiger partial charge in [0.2, 0.25) is 0 Å². The zero-order valence-corrected chi connectivity index (χ0v) is 62.7. The van der Waals surface area contributed by atoms with Crippen molar-refractivity contribution < 1.29 is 42.1 Å². The monoisotopic (exact) mass is 1310 g/mol. The fraction of sp³-hybridized carbons (Fsp3) is 0.854. The number of phosphoric acid groups is 1. The number of phosphoric ester groups is 1. The summed E-state index contributed by atoms with van der Waals surface area (Å²) >= 11 is 0. The molecule has 0 aromatic carbocycles. The molecule has 2 unspecified atom stereocenters. The molecule has 0 saturated heterocycles. The van der Waals surface area contributed by atoms with E-state index in [1.807, 2.05) is 21.1 Å². The fourth-order valence-electron chi connectivity index (χ4n) is 12.0. The van der Waals surface area contributed by atoms with Gasteiger partial charge in [0.1, 0.15) is 19.8 Å². The molecular weight excluding hydrogens is 1160 g/mol. The number of carbonyl (C=O) groups excluding carboxylic acids is 2. The lowest BCUT2D eigenvalue weighted by atomic mass is 10.0. The van der Waals surface area contributed by atoms with Crippen molar-refractivity contribution in [3.63, 3.8) is 0 Å². The van der Waals surface area contributed by atoms with Gasteiger partial charge in [-0.1, -0.05) is 370 Å². The van der Waals surface area contributed by atoms with Gasteiger partial charge in [-0.15, -0.1) is 0 Å². The second-order valence-corrected chi connectivity index (χ2v) is 29.9. The van der Waals surface area contributed by atoms with Crippen molar-refractivity contribution in [3.05, 3.63) is 60.8 Å². The molecular formula is C82H155NO8P+. The second-order valence-electron chi connectivity index (χ2n) is 28.4. The van der Waals surface area contributed by atoms with Crippen molar-refractivity contribution in [2.75, 3.05) is 47.5 Å². The number of allylic oxidation sites excluding steroid dienone is 10. The number of nitrogens with zero attached hydrogens (tertiary/aromatic N) is 1. The van der Waals surface area contributed by atoms with Crippen LogP contribution >= 0.6 is 7.82 Å². The molecule has 0 aromatic rings. The van der Waals surface area contributed by atoms with Crippen molar-refractivity contribution >= 4 is 19.8 Å². The molecule has 0 heterocycles. The molecule has 0 fully saturated rings. The van der Waals surface area contributed by atoms with Gasteiger partial charge in [-0.2, -0.15) is 0 Å². The van der Waals surface area contributed by atoms with Gasteiger partial charge >= 0.3 is 19.8 Å². The summed E-state index contributed by atoms with van der Waals surface area (Å²) < 4.78 is 34.8. The summed E-state index contributed by atoms with van der Waals surface area (Å²) in [5.74, 6) is -0.773. The van der Waals surface area contributed by atoms with Crippen LogP contribution < -0.4 is 0 Å². The maximum absolute atomic E-state index is 12.9. The molecule has 0 spiro atoms. The fourth-order valence-corrected chi connectivity index (χ4v) is 12.7. The molecule has 92 heavy (non-hydrogen) atoms.